The van der Waals surface area contributed by atoms with Gasteiger partial charge < -0.3 is 14.5 Å². The fourth-order valence-corrected chi connectivity index (χ4v) is 4.28. The molecule has 1 fully saturated rings. The Hall–Kier alpha value is -3.79. The number of hydrogen-bond acceptors (Lipinski definition) is 7. The minimum absolute atomic E-state index is 0.0533. The van der Waals surface area contributed by atoms with Crippen LogP contribution >= 0.6 is 0 Å². The summed E-state index contributed by atoms with van der Waals surface area (Å²) >= 11 is 0. The number of ketones is 2. The van der Waals surface area contributed by atoms with Crippen LogP contribution in [0.25, 0.3) is 0 Å². The van der Waals surface area contributed by atoms with Crippen molar-refractivity contribution in [3.8, 4) is 0 Å². The smallest absolute Gasteiger partial charge is 0.289 e. The Morgan fingerprint density at radius 3 is 2.41 bits per heavy atom. The van der Waals surface area contributed by atoms with Crippen molar-refractivity contribution < 1.29 is 23.8 Å². The molecule has 1 amide bonds. The molecule has 3 heterocycles. The first-order chi connectivity index (χ1) is 15.5. The van der Waals surface area contributed by atoms with Gasteiger partial charge in [-0.3, -0.25) is 19.3 Å². The van der Waals surface area contributed by atoms with E-state index in [-0.39, 0.29) is 35.2 Å². The van der Waals surface area contributed by atoms with Gasteiger partial charge in [-0.2, -0.15) is 0 Å². The third-order valence-electron chi connectivity index (χ3n) is 5.96. The van der Waals surface area contributed by atoms with Crippen molar-refractivity contribution in [2.45, 2.75) is 13.0 Å². The van der Waals surface area contributed by atoms with E-state index < -0.39 is 5.78 Å². The van der Waals surface area contributed by atoms with Gasteiger partial charge in [-0.05, 0) is 18.6 Å². The summed E-state index contributed by atoms with van der Waals surface area (Å²) in [5.41, 5.74) is 0.535. The Balaban J connectivity index is 1.21. The fraction of sp³-hybridized carbons (Fsp3) is 0.318. The second kappa shape index (κ2) is 8.04. The van der Waals surface area contributed by atoms with Crippen LogP contribution in [0.2, 0.25) is 0 Å². The number of carbonyl (C=O) groups excluding carboxylic acids is 3. The molecular weight excluding hydrogens is 414 g/mol. The lowest BCUT2D eigenvalue weighted by atomic mass is 9.90. The van der Waals surface area contributed by atoms with Crippen molar-refractivity contribution in [2.24, 2.45) is 0 Å². The van der Waals surface area contributed by atoms with Gasteiger partial charge >= 0.3 is 0 Å². The summed E-state index contributed by atoms with van der Waals surface area (Å²) in [5, 5.41) is 16.1. The molecule has 1 saturated heterocycles. The van der Waals surface area contributed by atoms with Crippen LogP contribution in [0.1, 0.15) is 49.1 Å². The summed E-state index contributed by atoms with van der Waals surface area (Å²) in [4.78, 5) is 42.3. The van der Waals surface area contributed by atoms with Gasteiger partial charge in [-0.15, -0.1) is 4.68 Å². The zero-order valence-corrected chi connectivity index (χ0v) is 17.3. The highest BCUT2D eigenvalue weighted by atomic mass is 16.5. The molecule has 0 spiro atoms. The Morgan fingerprint density at radius 1 is 1.00 bits per heavy atom. The van der Waals surface area contributed by atoms with Gasteiger partial charge in [0.2, 0.25) is 17.3 Å². The molecule has 0 saturated carbocycles. The first-order valence-corrected chi connectivity index (χ1v) is 10.5. The van der Waals surface area contributed by atoms with Gasteiger partial charge in [0.05, 0.1) is 12.8 Å². The predicted octanol–water partition coefficient (Wildman–Crippen LogP) is 0.733. The lowest BCUT2D eigenvalue weighted by Crippen LogP contribution is -2.49. The topological polar surface area (TPSA) is 116 Å². The van der Waals surface area contributed by atoms with Crippen LogP contribution in [0.4, 0.5) is 0 Å². The van der Waals surface area contributed by atoms with E-state index in [2.05, 4.69) is 10.00 Å². The molecule has 1 aromatic carbocycles. The monoisotopic (exact) mass is 435 g/mol. The number of rotatable bonds is 5. The molecule has 1 aliphatic heterocycles. The molecular formula is C22H21N5O5. The van der Waals surface area contributed by atoms with Gasteiger partial charge in [0.1, 0.15) is 0 Å². The molecule has 32 heavy (non-hydrogen) atoms. The standard InChI is InChI=1S/C22H21N5O5/c28-20-15-5-1-2-6-16(15)21(29)19-18(20)23-27(31)26(19)9-4-8-24-10-12-25(13-11-24)22(30)17-7-3-14-32-17/h1-3,5-7,14H,4,8-13H2. The van der Waals surface area contributed by atoms with E-state index in [0.29, 0.717) is 55.4 Å². The van der Waals surface area contributed by atoms with Crippen molar-refractivity contribution in [3.63, 3.8) is 0 Å². The van der Waals surface area contributed by atoms with E-state index in [0.717, 1.165) is 0 Å². The maximum Gasteiger partial charge on any atom is 0.289 e. The summed E-state index contributed by atoms with van der Waals surface area (Å²) < 4.78 is 6.42. The summed E-state index contributed by atoms with van der Waals surface area (Å²) in [6.07, 6.45) is 2.08. The first kappa shape index (κ1) is 20.1. The van der Waals surface area contributed by atoms with E-state index in [4.69, 9.17) is 4.42 Å². The second-order valence-electron chi connectivity index (χ2n) is 7.84. The molecule has 1 aliphatic carbocycles. The fourth-order valence-electron chi connectivity index (χ4n) is 4.28. The maximum atomic E-state index is 12.9. The Bertz CT molecular complexity index is 1190. The average molecular weight is 435 g/mol. The number of carbonyl (C=O) groups is 3. The number of nitrogens with zero attached hydrogens (tertiary/aromatic N) is 5. The van der Waals surface area contributed by atoms with Crippen molar-refractivity contribution in [1.82, 2.24) is 19.6 Å². The molecule has 5 rings (SSSR count). The quantitative estimate of drug-likeness (QED) is 0.335. The first-order valence-electron chi connectivity index (χ1n) is 10.5. The molecule has 0 N–H and O–H groups in total. The van der Waals surface area contributed by atoms with E-state index in [9.17, 15) is 19.6 Å². The zero-order valence-electron chi connectivity index (χ0n) is 17.3. The van der Waals surface area contributed by atoms with Crippen molar-refractivity contribution in [3.05, 3.63) is 76.1 Å². The number of piperazine rings is 1. The molecule has 0 unspecified atom stereocenters. The lowest BCUT2D eigenvalue weighted by molar-refractivity contribution is -0.749. The van der Waals surface area contributed by atoms with Gasteiger partial charge in [0, 0.05) is 53.9 Å². The van der Waals surface area contributed by atoms with Crippen LogP contribution in [-0.4, -0.2) is 69.8 Å². The Kier molecular flexibility index (Phi) is 5.06. The SMILES string of the molecule is O=C1c2ccccc2C(=O)c2c1n[n+]([O-])n2CCCN1CCN(C(=O)c2ccco2)CC1. The minimum atomic E-state index is -0.407. The van der Waals surface area contributed by atoms with Gasteiger partial charge in [-0.1, -0.05) is 24.3 Å². The number of benzene rings is 1. The zero-order chi connectivity index (χ0) is 22.2. The molecule has 10 heteroatoms. The molecule has 2 aliphatic rings. The van der Waals surface area contributed by atoms with Crippen molar-refractivity contribution in [2.75, 3.05) is 32.7 Å². The summed E-state index contributed by atoms with van der Waals surface area (Å²) in [7, 11) is 0. The van der Waals surface area contributed by atoms with Crippen molar-refractivity contribution in [1.29, 1.82) is 0 Å². The summed E-state index contributed by atoms with van der Waals surface area (Å²) in [6.45, 7) is 3.54. The van der Waals surface area contributed by atoms with Crippen LogP contribution in [-0.2, 0) is 6.54 Å². The highest BCUT2D eigenvalue weighted by Gasteiger charge is 2.39. The van der Waals surface area contributed by atoms with Gasteiger partial charge in [-0.25, -0.2) is 0 Å². The van der Waals surface area contributed by atoms with Gasteiger partial charge in [0.15, 0.2) is 11.5 Å². The lowest BCUT2D eigenvalue weighted by Gasteiger charge is -2.34. The number of aromatic nitrogens is 3. The van der Waals surface area contributed by atoms with E-state index >= 15 is 0 Å². The predicted molar refractivity (Wildman–Crippen MR) is 110 cm³/mol. The molecule has 10 nitrogen and oxygen atoms in total. The van der Waals surface area contributed by atoms with E-state index in [1.807, 2.05) is 0 Å². The Morgan fingerprint density at radius 2 is 1.72 bits per heavy atom. The maximum absolute atomic E-state index is 12.9. The van der Waals surface area contributed by atoms with Gasteiger partial charge in [0.25, 0.3) is 5.91 Å². The van der Waals surface area contributed by atoms with E-state index in [1.165, 1.54) is 10.9 Å². The molecule has 2 aromatic heterocycles. The summed E-state index contributed by atoms with van der Waals surface area (Å²) in [5.74, 6) is -0.544. The average Bonchev–Trinajstić information content (AvgIpc) is 3.46. The van der Waals surface area contributed by atoms with Crippen LogP contribution in [0.3, 0.4) is 0 Å². The minimum Gasteiger partial charge on any atom is -0.571 e. The third kappa shape index (κ3) is 3.38. The number of fused-ring (bicyclic) bond motifs is 2. The van der Waals surface area contributed by atoms with E-state index in [1.54, 1.807) is 41.3 Å². The Labute approximate surface area is 183 Å². The highest BCUT2D eigenvalue weighted by molar-refractivity contribution is 6.26. The second-order valence-corrected chi connectivity index (χ2v) is 7.84. The number of furan rings is 1. The largest absolute Gasteiger partial charge is 0.571 e. The third-order valence-corrected chi connectivity index (χ3v) is 5.96. The van der Waals surface area contributed by atoms with Crippen molar-refractivity contribution >= 4 is 17.5 Å². The normalized spacial score (nSPS) is 16.2. The number of amides is 1. The summed E-state index contributed by atoms with van der Waals surface area (Å²) in [6, 6.07) is 9.88. The molecule has 3 aromatic rings. The van der Waals surface area contributed by atoms with Crippen LogP contribution in [0.5, 0.6) is 0 Å². The highest BCUT2D eigenvalue weighted by Crippen LogP contribution is 2.25. The molecule has 164 valence electrons. The van der Waals surface area contributed by atoms with Crippen LogP contribution < -0.4 is 4.96 Å². The molecule has 0 atom stereocenters. The molecule has 0 bridgehead atoms. The molecule has 0 radical (unpaired) electrons. The van der Waals surface area contributed by atoms with Crippen LogP contribution in [0, 0.1) is 5.21 Å². The number of hydrogen-bond donors (Lipinski definition) is 0. The van der Waals surface area contributed by atoms with Crippen LogP contribution in [0.15, 0.2) is 47.1 Å².